The van der Waals surface area contributed by atoms with Crippen LogP contribution in [-0.2, 0) is 14.8 Å². The quantitative estimate of drug-likeness (QED) is 0.678. The van der Waals surface area contributed by atoms with Gasteiger partial charge in [-0.05, 0) is 36.8 Å². The molecule has 0 aromatic heterocycles. The average molecular weight is 464 g/mol. The summed E-state index contributed by atoms with van der Waals surface area (Å²) in [4.78, 5) is 17.3. The number of amides is 1. The van der Waals surface area contributed by atoms with E-state index in [1.807, 2.05) is 4.90 Å². The largest absolute Gasteiger partial charge is 0.486 e. The van der Waals surface area contributed by atoms with Gasteiger partial charge in [-0.2, -0.15) is 4.31 Å². The molecular formula is C23H33N3O5S. The number of carbonyl (C=O) groups excluding carboxylic acids is 1. The summed E-state index contributed by atoms with van der Waals surface area (Å²) in [6.07, 6.45) is 6.35. The highest BCUT2D eigenvalue weighted by molar-refractivity contribution is 7.89. The van der Waals surface area contributed by atoms with Gasteiger partial charge in [-0.15, -0.1) is 0 Å². The third-order valence-corrected chi connectivity index (χ3v) is 9.38. The fourth-order valence-electron chi connectivity index (χ4n) is 5.58. The van der Waals surface area contributed by atoms with E-state index in [0.29, 0.717) is 63.4 Å². The van der Waals surface area contributed by atoms with Crippen LogP contribution >= 0.6 is 0 Å². The summed E-state index contributed by atoms with van der Waals surface area (Å²) in [5, 5.41) is 0. The summed E-state index contributed by atoms with van der Waals surface area (Å²) in [6.45, 7) is 4.95. The van der Waals surface area contributed by atoms with Crippen molar-refractivity contribution in [1.82, 2.24) is 14.1 Å². The first-order valence-corrected chi connectivity index (χ1v) is 13.3. The number of piperazine rings is 1. The molecular weight excluding hydrogens is 430 g/mol. The molecule has 9 heteroatoms. The number of piperidine rings is 1. The van der Waals surface area contributed by atoms with Crippen molar-refractivity contribution in [1.29, 1.82) is 0 Å². The molecule has 0 bridgehead atoms. The van der Waals surface area contributed by atoms with E-state index in [1.165, 1.54) is 30.0 Å². The average Bonchev–Trinajstić information content (AvgIpc) is 2.83. The van der Waals surface area contributed by atoms with Gasteiger partial charge in [0.1, 0.15) is 13.2 Å². The summed E-state index contributed by atoms with van der Waals surface area (Å²) >= 11 is 0. The molecule has 3 aliphatic heterocycles. The van der Waals surface area contributed by atoms with Gasteiger partial charge in [0.15, 0.2) is 11.5 Å². The lowest BCUT2D eigenvalue weighted by Crippen LogP contribution is -2.53. The summed E-state index contributed by atoms with van der Waals surface area (Å²) < 4.78 is 38.8. The minimum atomic E-state index is -3.61. The van der Waals surface area contributed by atoms with E-state index >= 15 is 0 Å². The van der Waals surface area contributed by atoms with Crippen molar-refractivity contribution in [2.24, 2.45) is 11.8 Å². The van der Waals surface area contributed by atoms with Gasteiger partial charge in [0, 0.05) is 45.3 Å². The number of hydrogen-bond acceptors (Lipinski definition) is 6. The Morgan fingerprint density at radius 1 is 0.906 bits per heavy atom. The van der Waals surface area contributed by atoms with Crippen LogP contribution in [0.2, 0.25) is 0 Å². The molecule has 3 fully saturated rings. The van der Waals surface area contributed by atoms with Crippen LogP contribution in [0.5, 0.6) is 11.5 Å². The standard InChI is InChI=1S/C23H33N3O5S/c27-23(25-8-7-18-3-1-2-4-19(18)16-25)17-24-9-11-26(12-10-24)32(28,29)20-5-6-21-22(15-20)31-14-13-30-21/h5-6,15,18-19H,1-4,7-14,16-17H2/t18-,19+/m1/s1. The molecule has 4 aliphatic rings. The van der Waals surface area contributed by atoms with Gasteiger partial charge in [-0.25, -0.2) is 8.42 Å². The Morgan fingerprint density at radius 2 is 1.62 bits per heavy atom. The first-order chi connectivity index (χ1) is 15.5. The van der Waals surface area contributed by atoms with E-state index in [0.717, 1.165) is 25.4 Å². The van der Waals surface area contributed by atoms with Crippen LogP contribution in [0.1, 0.15) is 32.1 Å². The van der Waals surface area contributed by atoms with E-state index in [4.69, 9.17) is 9.47 Å². The molecule has 3 heterocycles. The maximum Gasteiger partial charge on any atom is 0.243 e. The van der Waals surface area contributed by atoms with Crippen LogP contribution in [0.4, 0.5) is 0 Å². The van der Waals surface area contributed by atoms with E-state index in [9.17, 15) is 13.2 Å². The Hall–Kier alpha value is -1.84. The normalized spacial score (nSPS) is 27.1. The third kappa shape index (κ3) is 4.47. The van der Waals surface area contributed by atoms with Gasteiger partial charge in [-0.3, -0.25) is 9.69 Å². The van der Waals surface area contributed by atoms with E-state index < -0.39 is 10.0 Å². The molecule has 32 heavy (non-hydrogen) atoms. The molecule has 176 valence electrons. The zero-order valence-corrected chi connectivity index (χ0v) is 19.4. The summed E-state index contributed by atoms with van der Waals surface area (Å²) in [5.41, 5.74) is 0. The second-order valence-corrected chi connectivity index (χ2v) is 11.4. The Morgan fingerprint density at radius 3 is 2.41 bits per heavy atom. The molecule has 8 nitrogen and oxygen atoms in total. The van der Waals surface area contributed by atoms with Crippen LogP contribution in [0.15, 0.2) is 23.1 Å². The molecule has 1 saturated carbocycles. The Bertz CT molecular complexity index is 945. The molecule has 5 rings (SSSR count). The van der Waals surface area contributed by atoms with Crippen molar-refractivity contribution in [3.63, 3.8) is 0 Å². The number of rotatable bonds is 4. The molecule has 1 aromatic rings. The Balaban J connectivity index is 1.15. The number of sulfonamides is 1. The van der Waals surface area contributed by atoms with Crippen molar-refractivity contribution in [2.75, 3.05) is 59.0 Å². The lowest BCUT2D eigenvalue weighted by molar-refractivity contribution is -0.135. The summed E-state index contributed by atoms with van der Waals surface area (Å²) in [6, 6.07) is 4.79. The van der Waals surface area contributed by atoms with E-state index in [2.05, 4.69) is 4.90 Å². The highest BCUT2D eigenvalue weighted by Crippen LogP contribution is 2.36. The summed E-state index contributed by atoms with van der Waals surface area (Å²) in [5.74, 6) is 2.73. The van der Waals surface area contributed by atoms with Crippen molar-refractivity contribution in [3.8, 4) is 11.5 Å². The first-order valence-electron chi connectivity index (χ1n) is 11.9. The zero-order valence-electron chi connectivity index (χ0n) is 18.6. The molecule has 0 spiro atoms. The first kappa shape index (κ1) is 22.0. The van der Waals surface area contributed by atoms with Gasteiger partial charge >= 0.3 is 0 Å². The SMILES string of the molecule is O=C(CN1CCN(S(=O)(=O)c2ccc3c(c2)OCCO3)CC1)N1CC[C@H]2CCCC[C@H]2C1. The van der Waals surface area contributed by atoms with Crippen LogP contribution in [-0.4, -0.2) is 87.5 Å². The summed E-state index contributed by atoms with van der Waals surface area (Å²) in [7, 11) is -3.61. The van der Waals surface area contributed by atoms with Crippen LogP contribution in [0.25, 0.3) is 0 Å². The van der Waals surface area contributed by atoms with Gasteiger partial charge in [-0.1, -0.05) is 19.3 Å². The molecule has 1 aliphatic carbocycles. The second kappa shape index (κ2) is 9.19. The molecule has 0 unspecified atom stereocenters. The molecule has 1 amide bonds. The Kier molecular flexibility index (Phi) is 6.31. The van der Waals surface area contributed by atoms with E-state index in [1.54, 1.807) is 18.2 Å². The van der Waals surface area contributed by atoms with E-state index in [-0.39, 0.29) is 10.8 Å². The Labute approximate surface area is 190 Å². The highest BCUT2D eigenvalue weighted by Gasteiger charge is 2.34. The predicted octanol–water partition coefficient (Wildman–Crippen LogP) is 1.80. The molecule has 0 radical (unpaired) electrons. The van der Waals surface area contributed by atoms with Gasteiger partial charge in [0.2, 0.25) is 15.9 Å². The second-order valence-electron chi connectivity index (χ2n) is 9.42. The number of fused-ring (bicyclic) bond motifs is 2. The van der Waals surface area contributed by atoms with Crippen molar-refractivity contribution < 1.29 is 22.7 Å². The predicted molar refractivity (Wildman–Crippen MR) is 119 cm³/mol. The zero-order chi connectivity index (χ0) is 22.1. The topological polar surface area (TPSA) is 79.4 Å². The number of hydrogen-bond donors (Lipinski definition) is 0. The lowest BCUT2D eigenvalue weighted by atomic mass is 9.75. The van der Waals surface area contributed by atoms with Crippen molar-refractivity contribution >= 4 is 15.9 Å². The van der Waals surface area contributed by atoms with Crippen LogP contribution in [0, 0.1) is 11.8 Å². The van der Waals surface area contributed by atoms with Crippen LogP contribution < -0.4 is 9.47 Å². The van der Waals surface area contributed by atoms with Gasteiger partial charge < -0.3 is 14.4 Å². The van der Waals surface area contributed by atoms with Gasteiger partial charge in [0.05, 0.1) is 11.4 Å². The van der Waals surface area contributed by atoms with Gasteiger partial charge in [0.25, 0.3) is 0 Å². The number of benzene rings is 1. The number of ether oxygens (including phenoxy) is 2. The molecule has 1 aromatic carbocycles. The third-order valence-electron chi connectivity index (χ3n) is 7.49. The lowest BCUT2D eigenvalue weighted by Gasteiger charge is -2.42. The van der Waals surface area contributed by atoms with Crippen LogP contribution in [0.3, 0.4) is 0 Å². The molecule has 2 atom stereocenters. The van der Waals surface area contributed by atoms with Crippen molar-refractivity contribution in [3.05, 3.63) is 18.2 Å². The number of nitrogens with zero attached hydrogens (tertiary/aromatic N) is 3. The molecule has 2 saturated heterocycles. The minimum absolute atomic E-state index is 0.192. The minimum Gasteiger partial charge on any atom is -0.486 e. The molecule has 0 N–H and O–H groups in total. The maximum absolute atomic E-state index is 13.1. The van der Waals surface area contributed by atoms with Crippen molar-refractivity contribution in [2.45, 2.75) is 37.0 Å². The smallest absolute Gasteiger partial charge is 0.243 e. The highest BCUT2D eigenvalue weighted by atomic mass is 32.2. The maximum atomic E-state index is 13.1. The number of carbonyl (C=O) groups is 1. The monoisotopic (exact) mass is 463 g/mol. The number of likely N-dealkylation sites (tertiary alicyclic amines) is 1. The fourth-order valence-corrected chi connectivity index (χ4v) is 7.02. The fraction of sp³-hybridized carbons (Fsp3) is 0.696.